The maximum absolute atomic E-state index is 12.3. The fourth-order valence-corrected chi connectivity index (χ4v) is 3.40. The van der Waals surface area contributed by atoms with Crippen molar-refractivity contribution in [1.29, 1.82) is 0 Å². The molecular formula is C16H31NO. The number of nitrogens with one attached hydrogen (secondary N) is 1. The second-order valence-electron chi connectivity index (χ2n) is 7.33. The Kier molecular flexibility index (Phi) is 5.24. The number of amides is 1. The van der Waals surface area contributed by atoms with Gasteiger partial charge in [-0.25, -0.2) is 0 Å². The lowest BCUT2D eigenvalue weighted by atomic mass is 9.81. The van der Waals surface area contributed by atoms with E-state index in [-0.39, 0.29) is 17.2 Å². The van der Waals surface area contributed by atoms with Gasteiger partial charge in [-0.2, -0.15) is 0 Å². The fraction of sp³-hybridized carbons (Fsp3) is 0.938. The normalized spacial score (nSPS) is 23.1. The summed E-state index contributed by atoms with van der Waals surface area (Å²) in [5.41, 5.74) is 0.190. The zero-order valence-electron chi connectivity index (χ0n) is 13.0. The Labute approximate surface area is 113 Å². The van der Waals surface area contributed by atoms with Gasteiger partial charge in [0.25, 0.3) is 0 Å². The number of hydrogen-bond acceptors (Lipinski definition) is 1. The first-order valence-corrected chi connectivity index (χ1v) is 7.53. The lowest BCUT2D eigenvalue weighted by molar-refractivity contribution is -0.127. The molecule has 18 heavy (non-hydrogen) atoms. The summed E-state index contributed by atoms with van der Waals surface area (Å²) in [5, 5.41) is 3.20. The van der Waals surface area contributed by atoms with Crippen LogP contribution in [0.1, 0.15) is 60.8 Å². The van der Waals surface area contributed by atoms with Gasteiger partial charge in [0, 0.05) is 12.5 Å². The van der Waals surface area contributed by atoms with Crippen LogP contribution in [-0.4, -0.2) is 12.5 Å². The van der Waals surface area contributed by atoms with Gasteiger partial charge in [0.1, 0.15) is 0 Å². The van der Waals surface area contributed by atoms with Crippen LogP contribution in [0.5, 0.6) is 0 Å². The van der Waals surface area contributed by atoms with Gasteiger partial charge in [0.05, 0.1) is 0 Å². The van der Waals surface area contributed by atoms with Gasteiger partial charge in [0.15, 0.2) is 0 Å². The van der Waals surface area contributed by atoms with Gasteiger partial charge >= 0.3 is 0 Å². The van der Waals surface area contributed by atoms with Crippen molar-refractivity contribution < 1.29 is 4.79 Å². The minimum absolute atomic E-state index is 0.190. The number of carbonyl (C=O) groups excluding carboxylic acids is 1. The highest BCUT2D eigenvalue weighted by Crippen LogP contribution is 2.42. The number of rotatable bonds is 5. The summed E-state index contributed by atoms with van der Waals surface area (Å²) in [4.78, 5) is 12.3. The van der Waals surface area contributed by atoms with Crippen LogP contribution in [0.15, 0.2) is 0 Å². The van der Waals surface area contributed by atoms with Crippen LogP contribution >= 0.6 is 0 Å². The smallest absolute Gasteiger partial charge is 0.223 e. The fourth-order valence-electron chi connectivity index (χ4n) is 3.40. The molecule has 2 nitrogen and oxygen atoms in total. The van der Waals surface area contributed by atoms with Crippen molar-refractivity contribution >= 4 is 5.91 Å². The first kappa shape index (κ1) is 15.5. The molecule has 0 aromatic rings. The van der Waals surface area contributed by atoms with Crippen molar-refractivity contribution in [3.05, 3.63) is 0 Å². The molecule has 0 spiro atoms. The Morgan fingerprint density at radius 2 is 1.78 bits per heavy atom. The molecule has 1 unspecified atom stereocenters. The monoisotopic (exact) mass is 253 g/mol. The maximum atomic E-state index is 12.3. The summed E-state index contributed by atoms with van der Waals surface area (Å²) >= 11 is 0. The maximum Gasteiger partial charge on any atom is 0.223 e. The summed E-state index contributed by atoms with van der Waals surface area (Å²) < 4.78 is 0. The topological polar surface area (TPSA) is 29.1 Å². The van der Waals surface area contributed by atoms with Gasteiger partial charge in [0.2, 0.25) is 5.91 Å². The van der Waals surface area contributed by atoms with E-state index in [2.05, 4.69) is 46.9 Å². The van der Waals surface area contributed by atoms with Gasteiger partial charge in [-0.05, 0) is 36.0 Å². The van der Waals surface area contributed by atoms with Gasteiger partial charge < -0.3 is 5.32 Å². The van der Waals surface area contributed by atoms with Crippen LogP contribution in [0.3, 0.4) is 0 Å². The molecule has 0 aliphatic heterocycles. The van der Waals surface area contributed by atoms with E-state index < -0.39 is 0 Å². The van der Waals surface area contributed by atoms with Crippen LogP contribution in [0.25, 0.3) is 0 Å². The average Bonchev–Trinajstić information content (AvgIpc) is 2.56. The quantitative estimate of drug-likeness (QED) is 0.792. The van der Waals surface area contributed by atoms with E-state index in [0.717, 1.165) is 13.0 Å². The summed E-state index contributed by atoms with van der Waals surface area (Å²) in [7, 11) is 0. The Hall–Kier alpha value is -0.530. The van der Waals surface area contributed by atoms with Crippen molar-refractivity contribution in [2.75, 3.05) is 6.54 Å². The molecule has 0 heterocycles. The van der Waals surface area contributed by atoms with E-state index in [0.29, 0.717) is 17.8 Å². The largest absolute Gasteiger partial charge is 0.356 e. The molecule has 1 atom stereocenters. The lowest BCUT2D eigenvalue weighted by Crippen LogP contribution is -2.40. The van der Waals surface area contributed by atoms with Crippen molar-refractivity contribution in [3.8, 4) is 0 Å². The van der Waals surface area contributed by atoms with Crippen molar-refractivity contribution in [2.24, 2.45) is 29.1 Å². The lowest BCUT2D eigenvalue weighted by Gasteiger charge is -2.29. The molecule has 2 heteroatoms. The van der Waals surface area contributed by atoms with Crippen LogP contribution in [0.4, 0.5) is 0 Å². The molecule has 1 rings (SSSR count). The minimum Gasteiger partial charge on any atom is -0.356 e. The molecule has 1 saturated carbocycles. The summed E-state index contributed by atoms with van der Waals surface area (Å²) in [6.07, 6.45) is 3.44. The third-order valence-electron chi connectivity index (χ3n) is 4.80. The van der Waals surface area contributed by atoms with E-state index in [9.17, 15) is 4.79 Å². The van der Waals surface area contributed by atoms with Gasteiger partial charge in [-0.3, -0.25) is 4.79 Å². The first-order valence-electron chi connectivity index (χ1n) is 7.53. The standard InChI is InChI=1S/C16H31NO/c1-11(2)13(12(3)4)10-17-15(18)14-8-7-9-16(14,5)6/h11-14H,7-10H2,1-6H3,(H,17,18). The molecule has 106 valence electrons. The highest BCUT2D eigenvalue weighted by molar-refractivity contribution is 5.79. The van der Waals surface area contributed by atoms with E-state index >= 15 is 0 Å². The molecular weight excluding hydrogens is 222 g/mol. The van der Waals surface area contributed by atoms with Gasteiger partial charge in [-0.1, -0.05) is 48.0 Å². The van der Waals surface area contributed by atoms with Crippen LogP contribution in [0, 0.1) is 29.1 Å². The third kappa shape index (κ3) is 3.73. The minimum atomic E-state index is 0.190. The van der Waals surface area contributed by atoms with Crippen LogP contribution < -0.4 is 5.32 Å². The first-order chi connectivity index (χ1) is 8.25. The Morgan fingerprint density at radius 1 is 1.22 bits per heavy atom. The highest BCUT2D eigenvalue weighted by atomic mass is 16.1. The molecule has 0 radical (unpaired) electrons. The predicted molar refractivity (Wildman–Crippen MR) is 77.3 cm³/mol. The Morgan fingerprint density at radius 3 is 2.17 bits per heavy atom. The molecule has 1 N–H and O–H groups in total. The number of hydrogen-bond donors (Lipinski definition) is 1. The zero-order chi connectivity index (χ0) is 13.9. The second kappa shape index (κ2) is 6.08. The van der Waals surface area contributed by atoms with Gasteiger partial charge in [-0.15, -0.1) is 0 Å². The van der Waals surface area contributed by atoms with E-state index in [1.54, 1.807) is 0 Å². The second-order valence-corrected chi connectivity index (χ2v) is 7.33. The SMILES string of the molecule is CC(C)C(CNC(=O)C1CCCC1(C)C)C(C)C. The molecule has 1 aliphatic carbocycles. The Bertz CT molecular complexity index is 273. The molecule has 1 fully saturated rings. The Balaban J connectivity index is 2.50. The summed E-state index contributed by atoms with van der Waals surface area (Å²) in [6, 6.07) is 0. The van der Waals surface area contributed by atoms with E-state index in [1.807, 2.05) is 0 Å². The summed E-state index contributed by atoms with van der Waals surface area (Å²) in [6.45, 7) is 14.3. The zero-order valence-corrected chi connectivity index (χ0v) is 13.0. The molecule has 0 saturated heterocycles. The van der Waals surface area contributed by atoms with Crippen molar-refractivity contribution in [2.45, 2.75) is 60.8 Å². The molecule has 0 bridgehead atoms. The molecule has 1 amide bonds. The number of carbonyl (C=O) groups is 1. The van der Waals surface area contributed by atoms with E-state index in [4.69, 9.17) is 0 Å². The molecule has 0 aromatic heterocycles. The summed E-state index contributed by atoms with van der Waals surface area (Å²) in [5.74, 6) is 2.34. The molecule has 0 aromatic carbocycles. The molecule has 1 aliphatic rings. The van der Waals surface area contributed by atoms with Crippen molar-refractivity contribution in [1.82, 2.24) is 5.32 Å². The third-order valence-corrected chi connectivity index (χ3v) is 4.80. The van der Waals surface area contributed by atoms with Crippen LogP contribution in [-0.2, 0) is 4.79 Å². The van der Waals surface area contributed by atoms with Crippen LogP contribution in [0.2, 0.25) is 0 Å². The average molecular weight is 253 g/mol. The van der Waals surface area contributed by atoms with E-state index in [1.165, 1.54) is 12.8 Å². The predicted octanol–water partition coefficient (Wildman–Crippen LogP) is 3.86. The highest BCUT2D eigenvalue weighted by Gasteiger charge is 2.39. The van der Waals surface area contributed by atoms with Crippen molar-refractivity contribution in [3.63, 3.8) is 0 Å².